The number of methoxy groups -OCH3 is 1. The van der Waals surface area contributed by atoms with Crippen LogP contribution in [0.3, 0.4) is 0 Å². The van der Waals surface area contributed by atoms with Crippen LogP contribution in [0, 0.1) is 0 Å². The van der Waals surface area contributed by atoms with E-state index in [1.165, 1.54) is 5.56 Å². The zero-order chi connectivity index (χ0) is 16.6. The van der Waals surface area contributed by atoms with Gasteiger partial charge in [-0.3, -0.25) is 4.79 Å². The molecule has 0 aliphatic heterocycles. The molecule has 0 aliphatic carbocycles. The number of nitrogens with one attached hydrogen (secondary N) is 1. The third-order valence-corrected chi connectivity index (χ3v) is 2.97. The van der Waals surface area contributed by atoms with Crippen molar-refractivity contribution in [1.29, 1.82) is 0 Å². The average molecular weight is 306 g/mol. The molecule has 0 radical (unpaired) electrons. The van der Waals surface area contributed by atoms with Crippen LogP contribution in [0.4, 0.5) is 0 Å². The highest BCUT2D eigenvalue weighted by atomic mass is 16.5. The predicted octanol–water partition coefficient (Wildman–Crippen LogP) is 2.36. The van der Waals surface area contributed by atoms with Gasteiger partial charge in [0.25, 0.3) is 5.91 Å². The van der Waals surface area contributed by atoms with E-state index in [2.05, 4.69) is 5.32 Å². The first-order valence-electron chi connectivity index (χ1n) is 7.32. The van der Waals surface area contributed by atoms with Crippen LogP contribution in [0.25, 0.3) is 0 Å². The monoisotopic (exact) mass is 306 g/mol. The summed E-state index contributed by atoms with van der Waals surface area (Å²) in [6.07, 6.45) is 3.34. The van der Waals surface area contributed by atoms with Gasteiger partial charge >= 0.3 is 0 Å². The second-order valence-corrected chi connectivity index (χ2v) is 5.95. The Hall–Kier alpha value is -2.01. The van der Waals surface area contributed by atoms with Crippen molar-refractivity contribution in [2.75, 3.05) is 13.8 Å². The van der Waals surface area contributed by atoms with Gasteiger partial charge in [0.1, 0.15) is 12.5 Å². The summed E-state index contributed by atoms with van der Waals surface area (Å²) in [5.74, 6) is 0.352. The Bertz CT molecular complexity index is 502. The molecule has 122 valence electrons. The number of amides is 1. The number of allylic oxidation sites excluding steroid dienone is 1. The second-order valence-electron chi connectivity index (χ2n) is 5.95. The fourth-order valence-electron chi connectivity index (χ4n) is 1.77. The van der Waals surface area contributed by atoms with Gasteiger partial charge in [0, 0.05) is 0 Å². The molecule has 1 amide bonds. The van der Waals surface area contributed by atoms with Gasteiger partial charge in [-0.1, -0.05) is 18.2 Å². The molecule has 22 heavy (non-hydrogen) atoms. The van der Waals surface area contributed by atoms with Gasteiger partial charge in [-0.05, 0) is 51.3 Å². The molecule has 0 heterocycles. The minimum absolute atomic E-state index is 0.251. The molecule has 1 rings (SSSR count). The van der Waals surface area contributed by atoms with Gasteiger partial charge in [-0.2, -0.15) is 0 Å². The summed E-state index contributed by atoms with van der Waals surface area (Å²) in [5, 5.41) is 2.92. The number of carbonyl (C=O) groups excluding carboxylic acids is 1. The lowest BCUT2D eigenvalue weighted by Gasteiger charge is -2.20. The first kappa shape index (κ1) is 18.0. The largest absolute Gasteiger partial charge is 0.497 e. The minimum Gasteiger partial charge on any atom is -0.497 e. The topological polar surface area (TPSA) is 73.6 Å². The lowest BCUT2D eigenvalue weighted by Crippen LogP contribution is -2.32. The number of rotatable bonds is 8. The van der Waals surface area contributed by atoms with Gasteiger partial charge in [-0.15, -0.1) is 0 Å². The maximum absolute atomic E-state index is 11.4. The molecule has 0 fully saturated rings. The summed E-state index contributed by atoms with van der Waals surface area (Å²) >= 11 is 0. The molecular formula is C17H26N2O3. The Balaban J connectivity index is 2.49. The molecule has 5 nitrogen and oxygen atoms in total. The van der Waals surface area contributed by atoms with Gasteiger partial charge < -0.3 is 20.5 Å². The Kier molecular flexibility index (Phi) is 6.92. The molecule has 0 aliphatic rings. The molecule has 0 saturated heterocycles. The first-order chi connectivity index (χ1) is 10.3. The van der Waals surface area contributed by atoms with E-state index >= 15 is 0 Å². The van der Waals surface area contributed by atoms with Crippen LogP contribution in [0.5, 0.6) is 5.75 Å². The van der Waals surface area contributed by atoms with Crippen molar-refractivity contribution >= 4 is 5.91 Å². The quantitative estimate of drug-likeness (QED) is 0.571. The van der Waals surface area contributed by atoms with Gasteiger partial charge in [0.15, 0.2) is 0 Å². The lowest BCUT2D eigenvalue weighted by molar-refractivity contribution is -0.115. The summed E-state index contributed by atoms with van der Waals surface area (Å²) < 4.78 is 10.6. The maximum Gasteiger partial charge on any atom is 0.264 e. The Morgan fingerprint density at radius 3 is 2.41 bits per heavy atom. The smallest absolute Gasteiger partial charge is 0.264 e. The van der Waals surface area contributed by atoms with E-state index in [0.29, 0.717) is 12.1 Å². The highest BCUT2D eigenvalue weighted by molar-refractivity contribution is 5.91. The summed E-state index contributed by atoms with van der Waals surface area (Å²) in [7, 11) is 1.64. The fourth-order valence-corrected chi connectivity index (χ4v) is 1.77. The van der Waals surface area contributed by atoms with Crippen LogP contribution in [0.15, 0.2) is 36.0 Å². The summed E-state index contributed by atoms with van der Waals surface area (Å²) in [6.45, 7) is 6.10. The van der Waals surface area contributed by atoms with Crippen LogP contribution in [0.2, 0.25) is 0 Å². The van der Waals surface area contributed by atoms with E-state index in [9.17, 15) is 4.79 Å². The van der Waals surface area contributed by atoms with Gasteiger partial charge in [0.05, 0.1) is 18.4 Å². The fraction of sp³-hybridized carbons (Fsp3) is 0.471. The van der Waals surface area contributed by atoms with E-state index < -0.39 is 5.91 Å². The van der Waals surface area contributed by atoms with Crippen molar-refractivity contribution in [3.05, 3.63) is 41.6 Å². The molecule has 0 spiro atoms. The average Bonchev–Trinajstić information content (AvgIpc) is 2.45. The highest BCUT2D eigenvalue weighted by Crippen LogP contribution is 2.13. The number of hydrogen-bond donors (Lipinski definition) is 2. The van der Waals surface area contributed by atoms with Crippen molar-refractivity contribution in [2.24, 2.45) is 5.73 Å². The molecular weight excluding hydrogens is 280 g/mol. The number of nitrogens with two attached hydrogens (primary N) is 1. The summed E-state index contributed by atoms with van der Waals surface area (Å²) in [6, 6.07) is 7.85. The SMILES string of the molecule is COc1ccc(CCC=C(NCOC(C)(C)C)C(N)=O)cc1. The molecule has 0 atom stereocenters. The summed E-state index contributed by atoms with van der Waals surface area (Å²) in [5.41, 5.74) is 6.66. The van der Waals surface area contributed by atoms with Crippen LogP contribution >= 0.6 is 0 Å². The zero-order valence-electron chi connectivity index (χ0n) is 13.8. The van der Waals surface area contributed by atoms with Crippen LogP contribution in [-0.2, 0) is 16.0 Å². The molecule has 3 N–H and O–H groups in total. The number of aryl methyl sites for hydroxylation is 1. The van der Waals surface area contributed by atoms with Gasteiger partial charge in [0.2, 0.25) is 0 Å². The predicted molar refractivity (Wildman–Crippen MR) is 87.4 cm³/mol. The van der Waals surface area contributed by atoms with Crippen molar-refractivity contribution in [3.63, 3.8) is 0 Å². The van der Waals surface area contributed by atoms with E-state index in [0.717, 1.165) is 12.2 Å². The number of ether oxygens (including phenoxy) is 2. The van der Waals surface area contributed by atoms with Gasteiger partial charge in [-0.25, -0.2) is 0 Å². The third-order valence-electron chi connectivity index (χ3n) is 2.97. The molecule has 0 bridgehead atoms. The minimum atomic E-state index is -0.479. The lowest BCUT2D eigenvalue weighted by atomic mass is 10.1. The van der Waals surface area contributed by atoms with Crippen molar-refractivity contribution < 1.29 is 14.3 Å². The van der Waals surface area contributed by atoms with E-state index in [4.69, 9.17) is 15.2 Å². The molecule has 0 saturated carbocycles. The standard InChI is InChI=1S/C17H26N2O3/c1-17(2,3)22-12-19-15(16(18)20)7-5-6-13-8-10-14(21-4)11-9-13/h7-11,19H,5-6,12H2,1-4H3,(H2,18,20). The molecule has 0 aromatic heterocycles. The first-order valence-corrected chi connectivity index (χ1v) is 7.32. The number of primary amides is 1. The Morgan fingerprint density at radius 1 is 1.27 bits per heavy atom. The number of carbonyl (C=O) groups is 1. The van der Waals surface area contributed by atoms with Crippen molar-refractivity contribution in [3.8, 4) is 5.75 Å². The normalized spacial score (nSPS) is 12.1. The number of benzene rings is 1. The highest BCUT2D eigenvalue weighted by Gasteiger charge is 2.10. The Morgan fingerprint density at radius 2 is 1.91 bits per heavy atom. The van der Waals surface area contributed by atoms with Crippen LogP contribution in [-0.4, -0.2) is 25.3 Å². The van der Waals surface area contributed by atoms with Crippen molar-refractivity contribution in [1.82, 2.24) is 5.32 Å². The van der Waals surface area contributed by atoms with Crippen LogP contribution in [0.1, 0.15) is 32.8 Å². The third kappa shape index (κ3) is 7.13. The van der Waals surface area contributed by atoms with E-state index in [1.807, 2.05) is 45.0 Å². The second kappa shape index (κ2) is 8.44. The van der Waals surface area contributed by atoms with Crippen molar-refractivity contribution in [2.45, 2.75) is 39.2 Å². The zero-order valence-corrected chi connectivity index (χ0v) is 13.8. The Labute approximate surface area is 132 Å². The molecule has 5 heteroatoms. The molecule has 1 aromatic rings. The van der Waals surface area contributed by atoms with Crippen LogP contribution < -0.4 is 15.8 Å². The molecule has 0 unspecified atom stereocenters. The molecule has 1 aromatic carbocycles. The van der Waals surface area contributed by atoms with E-state index in [-0.39, 0.29) is 12.3 Å². The maximum atomic E-state index is 11.4. The van der Waals surface area contributed by atoms with E-state index in [1.54, 1.807) is 13.2 Å². The summed E-state index contributed by atoms with van der Waals surface area (Å²) in [4.78, 5) is 11.4. The number of hydrogen-bond acceptors (Lipinski definition) is 4.